The molecule has 1 aliphatic rings. The molecule has 6 nitrogen and oxygen atoms in total. The molecule has 1 saturated carbocycles. The van der Waals surface area contributed by atoms with Crippen molar-refractivity contribution in [1.82, 2.24) is 15.1 Å². The second kappa shape index (κ2) is 6.93. The molecule has 2 N–H and O–H groups in total. The maximum absolute atomic E-state index is 12.3. The van der Waals surface area contributed by atoms with Gasteiger partial charge in [-0.05, 0) is 32.6 Å². The van der Waals surface area contributed by atoms with Crippen molar-refractivity contribution in [3.8, 4) is 0 Å². The third kappa shape index (κ3) is 4.74. The number of halogens is 1. The number of nitrogens with zero attached hydrogens (tertiary/aromatic N) is 2. The Morgan fingerprint density at radius 2 is 2.24 bits per heavy atom. The van der Waals surface area contributed by atoms with Crippen LogP contribution in [0.1, 0.15) is 33.1 Å². The predicted molar refractivity (Wildman–Crippen MR) is 82.6 cm³/mol. The summed E-state index contributed by atoms with van der Waals surface area (Å²) in [5.41, 5.74) is 0.100. The Balaban J connectivity index is 1.95. The molecule has 0 aromatic carbocycles. The first-order valence-corrected chi connectivity index (χ1v) is 7.64. The zero-order valence-corrected chi connectivity index (χ0v) is 13.1. The number of carbonyl (C=O) groups is 1. The Hall–Kier alpha value is -1.56. The second-order valence-corrected chi connectivity index (χ2v) is 6.10. The number of nitrogens with one attached hydrogen (secondary N) is 2. The smallest absolute Gasteiger partial charge is 0.291 e. The first kappa shape index (κ1) is 15.8. The molecule has 7 heteroatoms. The number of amides is 1. The van der Waals surface area contributed by atoms with Gasteiger partial charge in [-0.2, -0.15) is 5.10 Å². The lowest BCUT2D eigenvalue weighted by atomic mass is 10.3. The Morgan fingerprint density at radius 3 is 2.86 bits per heavy atom. The molecule has 0 bridgehead atoms. The molecular weight excluding hydrogens is 292 g/mol. The minimum Gasteiger partial charge on any atom is -0.379 e. The zero-order chi connectivity index (χ0) is 15.4. The molecule has 1 aromatic rings. The van der Waals surface area contributed by atoms with Crippen molar-refractivity contribution in [2.75, 3.05) is 11.9 Å². The van der Waals surface area contributed by atoms with Crippen LogP contribution in [-0.4, -0.2) is 28.3 Å². The average molecular weight is 313 g/mol. The highest BCUT2D eigenvalue weighted by molar-refractivity contribution is 6.33. The third-order valence-corrected chi connectivity index (χ3v) is 3.52. The van der Waals surface area contributed by atoms with Crippen molar-refractivity contribution < 1.29 is 4.79 Å². The van der Waals surface area contributed by atoms with Crippen molar-refractivity contribution in [2.45, 2.75) is 45.7 Å². The van der Waals surface area contributed by atoms with Crippen LogP contribution in [0.2, 0.25) is 5.02 Å². The quantitative estimate of drug-likeness (QED) is 0.802. The molecule has 116 valence electrons. The zero-order valence-electron chi connectivity index (χ0n) is 12.4. The molecule has 1 amide bonds. The maximum atomic E-state index is 12.3. The van der Waals surface area contributed by atoms with Crippen LogP contribution in [0.25, 0.3) is 0 Å². The number of anilines is 1. The topological polar surface area (TPSA) is 76.0 Å². The number of rotatable bonds is 7. The highest BCUT2D eigenvalue weighted by atomic mass is 35.5. The van der Waals surface area contributed by atoms with Crippen LogP contribution in [0, 0.1) is 5.92 Å². The van der Waals surface area contributed by atoms with E-state index in [0.29, 0.717) is 31.1 Å². The Bertz CT molecular complexity index is 567. The molecule has 0 saturated heterocycles. The van der Waals surface area contributed by atoms with Gasteiger partial charge in [-0.3, -0.25) is 9.59 Å². The summed E-state index contributed by atoms with van der Waals surface area (Å²) in [4.78, 5) is 23.8. The van der Waals surface area contributed by atoms with Gasteiger partial charge in [0.1, 0.15) is 5.69 Å². The minimum absolute atomic E-state index is 0.0546. The highest BCUT2D eigenvalue weighted by Gasteiger charge is 2.23. The van der Waals surface area contributed by atoms with Crippen LogP contribution in [0.3, 0.4) is 0 Å². The van der Waals surface area contributed by atoms with Crippen LogP contribution in [-0.2, 0) is 11.3 Å². The number of aromatic nitrogens is 2. The van der Waals surface area contributed by atoms with Gasteiger partial charge < -0.3 is 10.6 Å². The summed E-state index contributed by atoms with van der Waals surface area (Å²) in [6, 6.07) is 0.109. The van der Waals surface area contributed by atoms with Gasteiger partial charge >= 0.3 is 0 Å². The fourth-order valence-electron chi connectivity index (χ4n) is 2.00. The molecule has 0 spiro atoms. The van der Waals surface area contributed by atoms with Gasteiger partial charge in [-0.25, -0.2) is 4.68 Å². The first-order chi connectivity index (χ1) is 9.97. The van der Waals surface area contributed by atoms with Crippen LogP contribution in [0.15, 0.2) is 11.0 Å². The van der Waals surface area contributed by atoms with Gasteiger partial charge in [-0.1, -0.05) is 11.6 Å². The molecule has 2 rings (SSSR count). The van der Waals surface area contributed by atoms with Crippen LogP contribution in [0.5, 0.6) is 0 Å². The molecule has 1 heterocycles. The van der Waals surface area contributed by atoms with Crippen molar-refractivity contribution in [2.24, 2.45) is 5.92 Å². The SMILES string of the molecule is CC(C)NC(=O)CCNc1c(Cl)cnn(CC2CC2)c1=O. The van der Waals surface area contributed by atoms with E-state index in [1.54, 1.807) is 0 Å². The Labute approximate surface area is 128 Å². The monoisotopic (exact) mass is 312 g/mol. The van der Waals surface area contributed by atoms with Crippen LogP contribution < -0.4 is 16.2 Å². The second-order valence-electron chi connectivity index (χ2n) is 5.70. The summed E-state index contributed by atoms with van der Waals surface area (Å²) in [6.45, 7) is 4.81. The van der Waals surface area contributed by atoms with Crippen molar-refractivity contribution in [3.63, 3.8) is 0 Å². The average Bonchev–Trinajstić information content (AvgIpc) is 3.20. The lowest BCUT2D eigenvalue weighted by Crippen LogP contribution is -2.32. The molecule has 0 unspecified atom stereocenters. The van der Waals surface area contributed by atoms with Crippen molar-refractivity contribution >= 4 is 23.2 Å². The Morgan fingerprint density at radius 1 is 1.52 bits per heavy atom. The van der Waals surface area contributed by atoms with Gasteiger partial charge in [0.15, 0.2) is 0 Å². The normalized spacial score (nSPS) is 14.3. The lowest BCUT2D eigenvalue weighted by molar-refractivity contribution is -0.121. The van der Waals surface area contributed by atoms with Crippen LogP contribution >= 0.6 is 11.6 Å². The molecule has 1 aromatic heterocycles. The summed E-state index contributed by atoms with van der Waals surface area (Å²) < 4.78 is 1.44. The van der Waals surface area contributed by atoms with Gasteiger partial charge in [0.05, 0.1) is 11.2 Å². The van der Waals surface area contributed by atoms with Gasteiger partial charge in [0.25, 0.3) is 5.56 Å². The van der Waals surface area contributed by atoms with E-state index in [2.05, 4.69) is 15.7 Å². The van der Waals surface area contributed by atoms with E-state index in [4.69, 9.17) is 11.6 Å². The Kier molecular flexibility index (Phi) is 5.22. The number of carbonyl (C=O) groups excluding carboxylic acids is 1. The number of hydrogen-bond donors (Lipinski definition) is 2. The molecule has 0 atom stereocenters. The lowest BCUT2D eigenvalue weighted by Gasteiger charge is -2.11. The van der Waals surface area contributed by atoms with E-state index in [0.717, 1.165) is 12.8 Å². The molecular formula is C14H21ClN4O2. The number of hydrogen-bond acceptors (Lipinski definition) is 4. The van der Waals surface area contributed by atoms with E-state index in [9.17, 15) is 9.59 Å². The molecule has 1 aliphatic carbocycles. The fraction of sp³-hybridized carbons (Fsp3) is 0.643. The van der Waals surface area contributed by atoms with Gasteiger partial charge in [-0.15, -0.1) is 0 Å². The molecule has 0 aliphatic heterocycles. The van der Waals surface area contributed by atoms with Crippen LogP contribution in [0.4, 0.5) is 5.69 Å². The summed E-state index contributed by atoms with van der Waals surface area (Å²) in [5.74, 6) is 0.502. The first-order valence-electron chi connectivity index (χ1n) is 7.26. The predicted octanol–water partition coefficient (Wildman–Crippen LogP) is 1.63. The molecule has 21 heavy (non-hydrogen) atoms. The summed E-state index contributed by atoms with van der Waals surface area (Å²) in [7, 11) is 0. The van der Waals surface area contributed by atoms with Gasteiger partial charge in [0.2, 0.25) is 5.91 Å². The van der Waals surface area contributed by atoms with Crippen molar-refractivity contribution in [3.05, 3.63) is 21.6 Å². The van der Waals surface area contributed by atoms with E-state index in [-0.39, 0.29) is 22.5 Å². The molecule has 0 radical (unpaired) electrons. The highest BCUT2D eigenvalue weighted by Crippen LogP contribution is 2.30. The standard InChI is InChI=1S/C14H21ClN4O2/c1-9(2)18-12(20)5-6-16-13-11(15)7-17-19(14(13)21)8-10-3-4-10/h7,9-10,16H,3-6,8H2,1-2H3,(H,18,20). The summed E-state index contributed by atoms with van der Waals surface area (Å²) >= 11 is 6.01. The van der Waals surface area contributed by atoms with Crippen molar-refractivity contribution in [1.29, 1.82) is 0 Å². The molecule has 1 fully saturated rings. The summed E-state index contributed by atoms with van der Waals surface area (Å²) in [5, 5.41) is 10.1. The minimum atomic E-state index is -0.223. The maximum Gasteiger partial charge on any atom is 0.291 e. The van der Waals surface area contributed by atoms with E-state index >= 15 is 0 Å². The van der Waals surface area contributed by atoms with Gasteiger partial charge in [0, 0.05) is 25.6 Å². The van der Waals surface area contributed by atoms with E-state index in [1.807, 2.05) is 13.8 Å². The largest absolute Gasteiger partial charge is 0.379 e. The third-order valence-electron chi connectivity index (χ3n) is 3.23. The van der Waals surface area contributed by atoms with E-state index < -0.39 is 0 Å². The summed E-state index contributed by atoms with van der Waals surface area (Å²) in [6.07, 6.45) is 4.06. The van der Waals surface area contributed by atoms with E-state index in [1.165, 1.54) is 10.9 Å². The fourth-order valence-corrected chi connectivity index (χ4v) is 2.19.